The van der Waals surface area contributed by atoms with E-state index < -0.39 is 0 Å². The van der Waals surface area contributed by atoms with E-state index in [4.69, 9.17) is 9.47 Å². The summed E-state index contributed by atoms with van der Waals surface area (Å²) >= 11 is 0. The van der Waals surface area contributed by atoms with Gasteiger partial charge in [0.05, 0.1) is 18.8 Å². The molecule has 0 unspecified atom stereocenters. The van der Waals surface area contributed by atoms with Crippen LogP contribution in [0.4, 0.5) is 5.69 Å². The van der Waals surface area contributed by atoms with Gasteiger partial charge in [-0.2, -0.15) is 0 Å². The Morgan fingerprint density at radius 1 is 1.22 bits per heavy atom. The fraction of sp³-hybridized carbons (Fsp3) is 0.231. The van der Waals surface area contributed by atoms with Gasteiger partial charge in [0.15, 0.2) is 18.9 Å². The van der Waals surface area contributed by atoms with Crippen molar-refractivity contribution in [3.63, 3.8) is 0 Å². The van der Waals surface area contributed by atoms with Crippen LogP contribution in [0.5, 0.6) is 0 Å². The Labute approximate surface area is 104 Å². The molecule has 0 saturated carbocycles. The van der Waals surface area contributed by atoms with Crippen molar-refractivity contribution < 1.29 is 19.1 Å². The zero-order valence-corrected chi connectivity index (χ0v) is 9.67. The normalized spacial score (nSPS) is 15.1. The maximum absolute atomic E-state index is 10.5. The minimum atomic E-state index is -0.340. The molecule has 0 bridgehead atoms. The fourth-order valence-electron chi connectivity index (χ4n) is 1.59. The minimum Gasteiger partial charge on any atom is -0.361 e. The molecule has 1 saturated heterocycles. The highest BCUT2D eigenvalue weighted by molar-refractivity contribution is 5.99. The molecular formula is C13H13NO4. The molecule has 0 atom stereocenters. The quantitative estimate of drug-likeness (QED) is 0.369. The summed E-state index contributed by atoms with van der Waals surface area (Å²) in [4.78, 5) is 20.9. The molecule has 1 fully saturated rings. The standard InChI is InChI=1S/C13H13NO4/c15-8-10(9-16)7-14-12-3-1-2-11(6-12)13-17-4-5-18-13/h1-3,6-9,13-14H,4-5H2. The van der Waals surface area contributed by atoms with Crippen LogP contribution in [0, 0.1) is 0 Å². The fourth-order valence-corrected chi connectivity index (χ4v) is 1.59. The third-order valence-electron chi connectivity index (χ3n) is 2.46. The van der Waals surface area contributed by atoms with Gasteiger partial charge in [0.25, 0.3) is 0 Å². The minimum absolute atomic E-state index is 0.0498. The van der Waals surface area contributed by atoms with Crippen molar-refractivity contribution in [3.8, 4) is 0 Å². The number of nitrogens with one attached hydrogen (secondary N) is 1. The van der Waals surface area contributed by atoms with Crippen molar-refractivity contribution in [2.75, 3.05) is 18.5 Å². The average Bonchev–Trinajstić information content (AvgIpc) is 2.94. The van der Waals surface area contributed by atoms with Gasteiger partial charge in [0, 0.05) is 17.5 Å². The topological polar surface area (TPSA) is 64.6 Å². The van der Waals surface area contributed by atoms with Crippen LogP contribution in [-0.2, 0) is 19.1 Å². The molecule has 1 aromatic rings. The number of rotatable bonds is 5. The van der Waals surface area contributed by atoms with Crippen molar-refractivity contribution in [1.82, 2.24) is 0 Å². The zero-order valence-electron chi connectivity index (χ0n) is 9.67. The molecule has 18 heavy (non-hydrogen) atoms. The first-order valence-electron chi connectivity index (χ1n) is 5.53. The van der Waals surface area contributed by atoms with Crippen molar-refractivity contribution >= 4 is 18.3 Å². The third kappa shape index (κ3) is 3.03. The molecule has 1 aliphatic heterocycles. The first kappa shape index (κ1) is 12.5. The van der Waals surface area contributed by atoms with Crippen LogP contribution in [0.2, 0.25) is 0 Å². The van der Waals surface area contributed by atoms with E-state index in [-0.39, 0.29) is 11.9 Å². The molecule has 0 aromatic heterocycles. The molecule has 0 radical (unpaired) electrons. The molecular weight excluding hydrogens is 234 g/mol. The smallest absolute Gasteiger partial charge is 0.184 e. The number of hydrogen-bond acceptors (Lipinski definition) is 5. The number of hydrogen-bond donors (Lipinski definition) is 1. The summed E-state index contributed by atoms with van der Waals surface area (Å²) in [6, 6.07) is 7.41. The van der Waals surface area contributed by atoms with Gasteiger partial charge < -0.3 is 14.8 Å². The van der Waals surface area contributed by atoms with Gasteiger partial charge in [-0.15, -0.1) is 0 Å². The molecule has 5 nitrogen and oxygen atoms in total. The highest BCUT2D eigenvalue weighted by Crippen LogP contribution is 2.25. The molecule has 5 heteroatoms. The van der Waals surface area contributed by atoms with Gasteiger partial charge in [-0.3, -0.25) is 9.59 Å². The van der Waals surface area contributed by atoms with Gasteiger partial charge >= 0.3 is 0 Å². The maximum atomic E-state index is 10.5. The second-order valence-electron chi connectivity index (χ2n) is 3.72. The lowest BCUT2D eigenvalue weighted by atomic mass is 10.2. The molecule has 1 aliphatic rings. The van der Waals surface area contributed by atoms with E-state index in [0.29, 0.717) is 25.8 Å². The summed E-state index contributed by atoms with van der Waals surface area (Å²) in [6.45, 7) is 1.17. The SMILES string of the molecule is O=CC(C=O)=CNc1cccc(C2OCCO2)c1. The van der Waals surface area contributed by atoms with Gasteiger partial charge in [-0.05, 0) is 12.1 Å². The summed E-state index contributed by atoms with van der Waals surface area (Å²) < 4.78 is 10.8. The van der Waals surface area contributed by atoms with Crippen LogP contribution in [0.1, 0.15) is 11.9 Å². The Morgan fingerprint density at radius 2 is 1.94 bits per heavy atom. The van der Waals surface area contributed by atoms with Crippen LogP contribution >= 0.6 is 0 Å². The first-order valence-corrected chi connectivity index (χ1v) is 5.53. The lowest BCUT2D eigenvalue weighted by Crippen LogP contribution is -1.99. The molecule has 1 aromatic carbocycles. The number of carbonyl (C=O) groups is 2. The average molecular weight is 247 g/mol. The van der Waals surface area contributed by atoms with Crippen molar-refractivity contribution in [1.29, 1.82) is 0 Å². The van der Waals surface area contributed by atoms with Crippen LogP contribution in [0.15, 0.2) is 36.0 Å². The predicted octanol–water partition coefficient (Wildman–Crippen LogP) is 1.43. The summed E-state index contributed by atoms with van der Waals surface area (Å²) in [5, 5.41) is 2.87. The Balaban J connectivity index is 2.09. The van der Waals surface area contributed by atoms with E-state index in [2.05, 4.69) is 5.32 Å². The van der Waals surface area contributed by atoms with Crippen LogP contribution < -0.4 is 5.32 Å². The van der Waals surface area contributed by atoms with Gasteiger partial charge in [-0.25, -0.2) is 0 Å². The number of aldehydes is 2. The van der Waals surface area contributed by atoms with Gasteiger partial charge in [0.2, 0.25) is 0 Å². The largest absolute Gasteiger partial charge is 0.361 e. The first-order chi connectivity index (χ1) is 8.83. The summed E-state index contributed by atoms with van der Waals surface area (Å²) in [7, 11) is 0. The van der Waals surface area contributed by atoms with E-state index in [1.165, 1.54) is 6.20 Å². The Morgan fingerprint density at radius 3 is 2.61 bits per heavy atom. The Bertz CT molecular complexity index is 454. The molecule has 1 N–H and O–H groups in total. The lowest BCUT2D eigenvalue weighted by molar-refractivity contribution is -0.109. The van der Waals surface area contributed by atoms with E-state index in [1.807, 2.05) is 24.3 Å². The van der Waals surface area contributed by atoms with Gasteiger partial charge in [0.1, 0.15) is 0 Å². The number of anilines is 1. The van der Waals surface area contributed by atoms with Crippen LogP contribution in [-0.4, -0.2) is 25.8 Å². The Hall–Kier alpha value is -1.98. The van der Waals surface area contributed by atoms with Crippen LogP contribution in [0.25, 0.3) is 0 Å². The number of benzene rings is 1. The van der Waals surface area contributed by atoms with E-state index in [9.17, 15) is 9.59 Å². The van der Waals surface area contributed by atoms with Gasteiger partial charge in [-0.1, -0.05) is 12.1 Å². The predicted molar refractivity (Wildman–Crippen MR) is 64.9 cm³/mol. The Kier molecular flexibility index (Phi) is 4.22. The third-order valence-corrected chi connectivity index (χ3v) is 2.46. The van der Waals surface area contributed by atoms with Crippen molar-refractivity contribution in [2.24, 2.45) is 0 Å². The second kappa shape index (κ2) is 6.09. The van der Waals surface area contributed by atoms with E-state index in [1.54, 1.807) is 0 Å². The number of ether oxygens (including phenoxy) is 2. The molecule has 0 spiro atoms. The number of allylic oxidation sites excluding steroid dienone is 1. The molecule has 1 heterocycles. The highest BCUT2D eigenvalue weighted by atomic mass is 16.7. The summed E-state index contributed by atoms with van der Waals surface area (Å²) in [5.41, 5.74) is 1.70. The molecule has 0 amide bonds. The van der Waals surface area contributed by atoms with E-state index in [0.717, 1.165) is 11.3 Å². The zero-order chi connectivity index (χ0) is 12.8. The molecule has 2 rings (SSSR count). The van der Waals surface area contributed by atoms with E-state index >= 15 is 0 Å². The second-order valence-corrected chi connectivity index (χ2v) is 3.72. The molecule has 94 valence electrons. The van der Waals surface area contributed by atoms with Crippen molar-refractivity contribution in [3.05, 3.63) is 41.6 Å². The lowest BCUT2D eigenvalue weighted by Gasteiger charge is -2.10. The molecule has 0 aliphatic carbocycles. The van der Waals surface area contributed by atoms with Crippen molar-refractivity contribution in [2.45, 2.75) is 6.29 Å². The summed E-state index contributed by atoms with van der Waals surface area (Å²) in [5.74, 6) is 0. The van der Waals surface area contributed by atoms with Crippen LogP contribution in [0.3, 0.4) is 0 Å². The number of carbonyl (C=O) groups excluding carboxylic acids is 2. The summed E-state index contributed by atoms with van der Waals surface area (Å²) in [6.07, 6.45) is 2.00. The maximum Gasteiger partial charge on any atom is 0.184 e. The highest BCUT2D eigenvalue weighted by Gasteiger charge is 2.17. The monoisotopic (exact) mass is 247 g/mol.